The molecule has 2 aromatic heterocycles. The van der Waals surface area contributed by atoms with Crippen LogP contribution in [-0.2, 0) is 27.2 Å². The first-order chi connectivity index (χ1) is 10.5. The Morgan fingerprint density at radius 3 is 1.17 bits per heavy atom. The van der Waals surface area contributed by atoms with Gasteiger partial charge in [0.15, 0.2) is 0 Å². The van der Waals surface area contributed by atoms with Crippen LogP contribution >= 0.6 is 0 Å². The number of hydrogen-bond donors (Lipinski definition) is 0. The fourth-order valence-electron chi connectivity index (χ4n) is 1.87. The highest BCUT2D eigenvalue weighted by molar-refractivity contribution is 6.50. The van der Waals surface area contributed by atoms with Gasteiger partial charge < -0.3 is 34.2 Å². The zero-order valence-corrected chi connectivity index (χ0v) is 16.6. The van der Waals surface area contributed by atoms with E-state index in [9.17, 15) is 17.3 Å². The van der Waals surface area contributed by atoms with Crippen LogP contribution in [0.2, 0.25) is 0 Å². The first-order valence-electron chi connectivity index (χ1n) is 7.41. The molecule has 0 amide bonds. The summed E-state index contributed by atoms with van der Waals surface area (Å²) in [5, 5.41) is 0. The number of aryl methyl sites for hydroxylation is 4. The first kappa shape index (κ1) is 24.9. The Balaban J connectivity index is 0. The lowest BCUT2D eigenvalue weighted by Crippen LogP contribution is -3.00. The van der Waals surface area contributed by atoms with Gasteiger partial charge in [-0.05, 0) is 13.8 Å². The number of rotatable bonds is 2. The summed E-state index contributed by atoms with van der Waals surface area (Å²) >= 11 is 0. The van der Waals surface area contributed by atoms with Crippen molar-refractivity contribution in [1.82, 2.24) is 9.13 Å². The quantitative estimate of drug-likeness (QED) is 0.360. The Morgan fingerprint density at radius 1 is 0.833 bits per heavy atom. The second-order valence-corrected chi connectivity index (χ2v) is 4.98. The third-order valence-electron chi connectivity index (χ3n) is 3.47. The van der Waals surface area contributed by atoms with Gasteiger partial charge in [-0.1, -0.05) is 0 Å². The summed E-state index contributed by atoms with van der Waals surface area (Å²) in [5.41, 5.74) is 0. The second-order valence-electron chi connectivity index (χ2n) is 4.98. The number of hydrogen-bond acceptors (Lipinski definition) is 0. The van der Waals surface area contributed by atoms with Crippen LogP contribution in [0.15, 0.2) is 24.8 Å². The molecule has 0 radical (unpaired) electrons. The van der Waals surface area contributed by atoms with Gasteiger partial charge in [0, 0.05) is 13.8 Å². The largest absolute Gasteiger partial charge is 1.00 e. The third-order valence-corrected chi connectivity index (χ3v) is 3.47. The lowest BCUT2D eigenvalue weighted by molar-refractivity contribution is -0.677. The van der Waals surface area contributed by atoms with Crippen molar-refractivity contribution in [1.29, 1.82) is 0 Å². The van der Waals surface area contributed by atoms with Gasteiger partial charge in [-0.25, -0.2) is 18.3 Å². The molecular weight excluding hydrogens is 391 g/mol. The van der Waals surface area contributed by atoms with Crippen molar-refractivity contribution >= 4 is 7.25 Å². The van der Waals surface area contributed by atoms with Crippen LogP contribution < -0.4 is 26.1 Å². The molecule has 140 valence electrons. The SMILES string of the molecule is CCn1cc[n+](C)c1C.CCn1cc[n+](C)c1C.F[B-](F)(F)F.[Br-]. The molecule has 0 fully saturated rings. The molecule has 24 heavy (non-hydrogen) atoms. The van der Waals surface area contributed by atoms with Gasteiger partial charge in [0.25, 0.3) is 11.6 Å². The minimum atomic E-state index is -6.00. The summed E-state index contributed by atoms with van der Waals surface area (Å²) in [6.07, 6.45) is 8.32. The number of aromatic nitrogens is 4. The van der Waals surface area contributed by atoms with E-state index in [1.54, 1.807) is 0 Å². The zero-order valence-electron chi connectivity index (χ0n) is 15.0. The van der Waals surface area contributed by atoms with Gasteiger partial charge in [0.05, 0.1) is 27.2 Å². The van der Waals surface area contributed by atoms with Crippen LogP contribution in [0.25, 0.3) is 0 Å². The number of halogens is 5. The Bertz CT molecular complexity index is 544. The molecule has 0 aromatic carbocycles. The normalized spacial score (nSPS) is 10.1. The van der Waals surface area contributed by atoms with Crippen LogP contribution in [-0.4, -0.2) is 16.4 Å². The molecule has 10 heteroatoms. The van der Waals surface area contributed by atoms with E-state index in [4.69, 9.17) is 0 Å². The zero-order chi connectivity index (χ0) is 18.2. The number of imidazole rings is 2. The molecule has 0 N–H and O–H groups in total. The smallest absolute Gasteiger partial charge is 0.673 e. The van der Waals surface area contributed by atoms with E-state index >= 15 is 0 Å². The molecule has 2 heterocycles. The van der Waals surface area contributed by atoms with Crippen molar-refractivity contribution in [2.24, 2.45) is 14.1 Å². The molecule has 0 spiro atoms. The van der Waals surface area contributed by atoms with Gasteiger partial charge in [-0.2, -0.15) is 0 Å². The van der Waals surface area contributed by atoms with Crippen LogP contribution in [0, 0.1) is 13.8 Å². The van der Waals surface area contributed by atoms with Crippen molar-refractivity contribution in [3.8, 4) is 0 Å². The van der Waals surface area contributed by atoms with Crippen LogP contribution in [0.4, 0.5) is 17.3 Å². The molecule has 0 saturated carbocycles. The van der Waals surface area contributed by atoms with Gasteiger partial charge in [-0.3, -0.25) is 0 Å². The van der Waals surface area contributed by atoms with E-state index in [2.05, 4.69) is 84.8 Å². The molecule has 2 aromatic rings. The lowest BCUT2D eigenvalue weighted by Gasteiger charge is -1.94. The van der Waals surface area contributed by atoms with Gasteiger partial charge in [0.1, 0.15) is 24.8 Å². The lowest BCUT2D eigenvalue weighted by atomic mass is 10.3. The average Bonchev–Trinajstić information content (AvgIpc) is 2.93. The minimum Gasteiger partial charge on any atom is -1.00 e. The Hall–Kier alpha value is -1.32. The maximum absolute atomic E-state index is 9.75. The van der Waals surface area contributed by atoms with Crippen LogP contribution in [0.5, 0.6) is 0 Å². The van der Waals surface area contributed by atoms with Gasteiger partial charge >= 0.3 is 7.25 Å². The van der Waals surface area contributed by atoms with E-state index in [1.165, 1.54) is 11.6 Å². The summed E-state index contributed by atoms with van der Waals surface area (Å²) in [6, 6.07) is 0. The molecule has 2 rings (SSSR count). The van der Waals surface area contributed by atoms with E-state index < -0.39 is 7.25 Å². The number of nitrogens with zero attached hydrogens (tertiary/aromatic N) is 4. The molecule has 0 unspecified atom stereocenters. The molecule has 0 bridgehead atoms. The van der Waals surface area contributed by atoms with E-state index in [-0.39, 0.29) is 17.0 Å². The highest BCUT2D eigenvalue weighted by atomic mass is 79.9. The van der Waals surface area contributed by atoms with Crippen molar-refractivity contribution < 1.29 is 43.4 Å². The maximum atomic E-state index is 9.75. The van der Waals surface area contributed by atoms with E-state index in [1.807, 2.05) is 0 Å². The summed E-state index contributed by atoms with van der Waals surface area (Å²) in [5.74, 6) is 2.61. The Kier molecular flexibility index (Phi) is 11.7. The maximum Gasteiger partial charge on any atom is 0.673 e. The summed E-state index contributed by atoms with van der Waals surface area (Å²) in [7, 11) is -1.89. The van der Waals surface area contributed by atoms with Crippen molar-refractivity contribution in [2.75, 3.05) is 0 Å². The van der Waals surface area contributed by atoms with Crippen LogP contribution in [0.1, 0.15) is 25.5 Å². The Labute approximate surface area is 151 Å². The minimum absolute atomic E-state index is 0. The highest BCUT2D eigenvalue weighted by Gasteiger charge is 2.20. The van der Waals surface area contributed by atoms with E-state index in [0.29, 0.717) is 0 Å². The second kappa shape index (κ2) is 11.3. The van der Waals surface area contributed by atoms with Crippen molar-refractivity contribution in [3.63, 3.8) is 0 Å². The van der Waals surface area contributed by atoms with Gasteiger partial charge in [-0.15, -0.1) is 0 Å². The third kappa shape index (κ3) is 9.74. The first-order valence-corrected chi connectivity index (χ1v) is 7.41. The van der Waals surface area contributed by atoms with Gasteiger partial charge in [0.2, 0.25) is 0 Å². The molecule has 0 aliphatic rings. The standard InChI is InChI=1S/2C7H13N2.BF4.BrH/c2*1-4-9-6-5-8(3)7(9)2;2-1(3,4)5;/h2*5-6H,4H2,1-3H3;;1H/q2*+1;-1;/p-1. The molecular formula is C14H26BBrF4N4. The van der Waals surface area contributed by atoms with Crippen molar-refractivity contribution in [3.05, 3.63) is 36.4 Å². The summed E-state index contributed by atoms with van der Waals surface area (Å²) < 4.78 is 47.6. The molecule has 0 saturated heterocycles. The average molecular weight is 417 g/mol. The summed E-state index contributed by atoms with van der Waals surface area (Å²) in [6.45, 7) is 10.6. The highest BCUT2D eigenvalue weighted by Crippen LogP contribution is 2.06. The molecule has 4 nitrogen and oxygen atoms in total. The fraction of sp³-hybridized carbons (Fsp3) is 0.571. The molecule has 0 aliphatic heterocycles. The summed E-state index contributed by atoms with van der Waals surface area (Å²) in [4.78, 5) is 0. The fourth-order valence-corrected chi connectivity index (χ4v) is 1.87. The monoisotopic (exact) mass is 416 g/mol. The van der Waals surface area contributed by atoms with Crippen LogP contribution in [0.3, 0.4) is 0 Å². The van der Waals surface area contributed by atoms with Crippen molar-refractivity contribution in [2.45, 2.75) is 40.8 Å². The predicted molar refractivity (Wildman–Crippen MR) is 82.2 cm³/mol. The van der Waals surface area contributed by atoms with E-state index in [0.717, 1.165) is 13.1 Å². The molecule has 0 atom stereocenters. The predicted octanol–water partition coefficient (Wildman–Crippen LogP) is -0.414. The molecule has 0 aliphatic carbocycles. The topological polar surface area (TPSA) is 17.6 Å². The Morgan fingerprint density at radius 2 is 1.08 bits per heavy atom.